The Kier molecular flexibility index (Phi) is 3.47. The molecule has 1 nitrogen and oxygen atoms in total. The Hall–Kier alpha value is -0.640. The standard InChI is InChI=1S/C13H13BrOS/c1-8-4-3-5-11(12(8)14)13(15)10-6-7-16-9(10)2/h3-7,13,15H,1-2H3. The van der Waals surface area contributed by atoms with Gasteiger partial charge >= 0.3 is 0 Å². The fraction of sp³-hybridized carbons (Fsp3) is 0.231. The normalized spacial score (nSPS) is 12.8. The summed E-state index contributed by atoms with van der Waals surface area (Å²) >= 11 is 5.20. The van der Waals surface area contributed by atoms with E-state index in [1.165, 1.54) is 4.88 Å². The Bertz CT molecular complexity index is 504. The molecule has 3 heteroatoms. The third kappa shape index (κ3) is 2.08. The predicted molar refractivity (Wildman–Crippen MR) is 72.0 cm³/mol. The molecule has 0 aliphatic carbocycles. The monoisotopic (exact) mass is 296 g/mol. The Morgan fingerprint density at radius 1 is 1.19 bits per heavy atom. The minimum absolute atomic E-state index is 0.541. The summed E-state index contributed by atoms with van der Waals surface area (Å²) in [5.74, 6) is 0. The van der Waals surface area contributed by atoms with Crippen molar-refractivity contribution in [1.82, 2.24) is 0 Å². The van der Waals surface area contributed by atoms with Gasteiger partial charge < -0.3 is 5.11 Å². The molecule has 1 atom stereocenters. The first kappa shape index (κ1) is 11.8. The highest BCUT2D eigenvalue weighted by atomic mass is 79.9. The van der Waals surface area contributed by atoms with Crippen LogP contribution in [0.1, 0.15) is 27.7 Å². The molecule has 0 saturated heterocycles. The van der Waals surface area contributed by atoms with Gasteiger partial charge in [0.1, 0.15) is 6.10 Å². The van der Waals surface area contributed by atoms with Crippen molar-refractivity contribution < 1.29 is 5.11 Å². The number of aryl methyl sites for hydroxylation is 2. The van der Waals surface area contributed by atoms with Gasteiger partial charge in [0, 0.05) is 9.35 Å². The molecular formula is C13H13BrOS. The molecule has 0 fully saturated rings. The summed E-state index contributed by atoms with van der Waals surface area (Å²) in [4.78, 5) is 1.17. The van der Waals surface area contributed by atoms with Crippen molar-refractivity contribution in [2.75, 3.05) is 0 Å². The van der Waals surface area contributed by atoms with Crippen molar-refractivity contribution in [1.29, 1.82) is 0 Å². The van der Waals surface area contributed by atoms with Gasteiger partial charge in [0.05, 0.1) is 0 Å². The van der Waals surface area contributed by atoms with Crippen molar-refractivity contribution in [2.45, 2.75) is 20.0 Å². The van der Waals surface area contributed by atoms with Crippen LogP contribution in [0.4, 0.5) is 0 Å². The van der Waals surface area contributed by atoms with E-state index in [-0.39, 0.29) is 0 Å². The highest BCUT2D eigenvalue weighted by Gasteiger charge is 2.16. The van der Waals surface area contributed by atoms with Gasteiger partial charge in [-0.15, -0.1) is 11.3 Å². The minimum atomic E-state index is -0.541. The molecule has 0 saturated carbocycles. The van der Waals surface area contributed by atoms with Crippen LogP contribution < -0.4 is 0 Å². The van der Waals surface area contributed by atoms with E-state index < -0.39 is 6.10 Å². The zero-order valence-corrected chi connectivity index (χ0v) is 11.6. The number of aliphatic hydroxyl groups excluding tert-OH is 1. The molecule has 1 aromatic heterocycles. The van der Waals surface area contributed by atoms with E-state index in [2.05, 4.69) is 15.9 Å². The maximum absolute atomic E-state index is 10.3. The molecule has 1 heterocycles. The number of rotatable bonds is 2. The quantitative estimate of drug-likeness (QED) is 0.880. The van der Waals surface area contributed by atoms with Gasteiger partial charge in [0.25, 0.3) is 0 Å². The average molecular weight is 297 g/mol. The van der Waals surface area contributed by atoms with Crippen molar-refractivity contribution in [3.05, 3.63) is 55.7 Å². The van der Waals surface area contributed by atoms with Gasteiger partial charge in [-0.05, 0) is 42.0 Å². The zero-order chi connectivity index (χ0) is 11.7. The molecule has 1 N–H and O–H groups in total. The molecule has 0 aliphatic rings. The van der Waals surface area contributed by atoms with Crippen LogP contribution >= 0.6 is 27.3 Å². The van der Waals surface area contributed by atoms with Crippen LogP contribution in [0.25, 0.3) is 0 Å². The molecule has 16 heavy (non-hydrogen) atoms. The summed E-state index contributed by atoms with van der Waals surface area (Å²) in [6.45, 7) is 4.06. The lowest BCUT2D eigenvalue weighted by Gasteiger charge is -2.14. The van der Waals surface area contributed by atoms with Crippen molar-refractivity contribution >= 4 is 27.3 Å². The number of halogens is 1. The lowest BCUT2D eigenvalue weighted by Crippen LogP contribution is -2.01. The first-order valence-corrected chi connectivity index (χ1v) is 6.75. The van der Waals surface area contributed by atoms with Crippen LogP contribution in [0.2, 0.25) is 0 Å². The number of hydrogen-bond acceptors (Lipinski definition) is 2. The van der Waals surface area contributed by atoms with Crippen LogP contribution in [-0.4, -0.2) is 5.11 Å². The summed E-state index contributed by atoms with van der Waals surface area (Å²) in [5, 5.41) is 12.4. The molecule has 0 radical (unpaired) electrons. The van der Waals surface area contributed by atoms with Gasteiger partial charge in [-0.3, -0.25) is 0 Å². The topological polar surface area (TPSA) is 20.2 Å². The number of benzene rings is 1. The summed E-state index contributed by atoms with van der Waals surface area (Å²) in [7, 11) is 0. The van der Waals surface area contributed by atoms with Crippen molar-refractivity contribution in [3.8, 4) is 0 Å². The minimum Gasteiger partial charge on any atom is -0.384 e. The van der Waals surface area contributed by atoms with E-state index in [1.54, 1.807) is 11.3 Å². The Labute approximate surface area is 108 Å². The van der Waals surface area contributed by atoms with E-state index >= 15 is 0 Å². The van der Waals surface area contributed by atoms with Gasteiger partial charge in [0.2, 0.25) is 0 Å². The van der Waals surface area contributed by atoms with E-state index in [1.807, 2.05) is 43.5 Å². The van der Waals surface area contributed by atoms with Crippen molar-refractivity contribution in [2.24, 2.45) is 0 Å². The maximum Gasteiger partial charge on any atom is 0.106 e. The van der Waals surface area contributed by atoms with Gasteiger partial charge in [-0.2, -0.15) is 0 Å². The summed E-state index contributed by atoms with van der Waals surface area (Å²) in [6.07, 6.45) is -0.541. The smallest absolute Gasteiger partial charge is 0.106 e. The fourth-order valence-electron chi connectivity index (χ4n) is 1.73. The highest BCUT2D eigenvalue weighted by molar-refractivity contribution is 9.10. The van der Waals surface area contributed by atoms with E-state index in [4.69, 9.17) is 0 Å². The van der Waals surface area contributed by atoms with Crippen LogP contribution in [0.15, 0.2) is 34.1 Å². The second-order valence-corrected chi connectivity index (χ2v) is 5.73. The molecular weight excluding hydrogens is 284 g/mol. The van der Waals surface area contributed by atoms with Crippen LogP contribution in [0.3, 0.4) is 0 Å². The van der Waals surface area contributed by atoms with Crippen LogP contribution in [0.5, 0.6) is 0 Å². The van der Waals surface area contributed by atoms with E-state index in [0.29, 0.717) is 0 Å². The maximum atomic E-state index is 10.3. The SMILES string of the molecule is Cc1cccc(C(O)c2ccsc2C)c1Br. The third-order valence-electron chi connectivity index (χ3n) is 2.71. The van der Waals surface area contributed by atoms with E-state index in [0.717, 1.165) is 21.2 Å². The van der Waals surface area contributed by atoms with Crippen LogP contribution in [-0.2, 0) is 0 Å². The van der Waals surface area contributed by atoms with Crippen molar-refractivity contribution in [3.63, 3.8) is 0 Å². The lowest BCUT2D eigenvalue weighted by atomic mass is 10.0. The summed E-state index contributed by atoms with van der Waals surface area (Å²) < 4.78 is 0.994. The molecule has 0 amide bonds. The predicted octanol–water partition coefficient (Wildman–Crippen LogP) is 4.21. The van der Waals surface area contributed by atoms with Gasteiger partial charge in [0.15, 0.2) is 0 Å². The number of aliphatic hydroxyl groups is 1. The van der Waals surface area contributed by atoms with Crippen LogP contribution in [0, 0.1) is 13.8 Å². The second kappa shape index (κ2) is 4.70. The third-order valence-corrected chi connectivity index (χ3v) is 4.65. The molecule has 84 valence electrons. The Morgan fingerprint density at radius 2 is 1.94 bits per heavy atom. The van der Waals surface area contributed by atoms with E-state index in [9.17, 15) is 5.11 Å². The Morgan fingerprint density at radius 3 is 2.56 bits per heavy atom. The molecule has 2 aromatic rings. The number of thiophene rings is 1. The largest absolute Gasteiger partial charge is 0.384 e. The molecule has 1 unspecified atom stereocenters. The van der Waals surface area contributed by atoms with Gasteiger partial charge in [-0.1, -0.05) is 34.1 Å². The molecule has 1 aromatic carbocycles. The highest BCUT2D eigenvalue weighted by Crippen LogP contribution is 2.33. The summed E-state index contributed by atoms with van der Waals surface area (Å²) in [5.41, 5.74) is 3.07. The Balaban J connectivity index is 2.46. The molecule has 0 bridgehead atoms. The fourth-order valence-corrected chi connectivity index (χ4v) is 2.94. The zero-order valence-electron chi connectivity index (χ0n) is 9.20. The first-order valence-electron chi connectivity index (χ1n) is 5.08. The summed E-state index contributed by atoms with van der Waals surface area (Å²) in [6, 6.07) is 7.94. The first-order chi connectivity index (χ1) is 7.61. The lowest BCUT2D eigenvalue weighted by molar-refractivity contribution is 0.219. The molecule has 0 aliphatic heterocycles. The number of hydrogen-bond donors (Lipinski definition) is 1. The average Bonchev–Trinajstić information content (AvgIpc) is 2.68. The van der Waals surface area contributed by atoms with Gasteiger partial charge in [-0.25, -0.2) is 0 Å². The molecule has 0 spiro atoms. The molecule has 2 rings (SSSR count). The second-order valence-electron chi connectivity index (χ2n) is 3.81.